The number of aliphatic carboxylic acids is 1. The van der Waals surface area contributed by atoms with Crippen molar-refractivity contribution < 1.29 is 24.2 Å². The molecule has 0 fully saturated rings. The fourth-order valence-corrected chi connectivity index (χ4v) is 2.98. The molecule has 1 amide bonds. The molecule has 29 heavy (non-hydrogen) atoms. The van der Waals surface area contributed by atoms with Crippen LogP contribution in [-0.4, -0.2) is 40.6 Å². The number of benzene rings is 1. The highest BCUT2D eigenvalue weighted by Crippen LogP contribution is 2.14. The van der Waals surface area contributed by atoms with E-state index in [4.69, 9.17) is 10.5 Å². The second-order valence-corrected chi connectivity index (χ2v) is 8.94. The first-order valence-electron chi connectivity index (χ1n) is 9.73. The topological polar surface area (TPSA) is 119 Å². The molecular formula is C21H31BrN2O5. The van der Waals surface area contributed by atoms with E-state index >= 15 is 0 Å². The number of alkyl carbamates (subject to hydrolysis) is 1. The number of ether oxygens (including phenoxy) is 1. The van der Waals surface area contributed by atoms with Crippen LogP contribution in [0, 0.1) is 0 Å². The summed E-state index contributed by atoms with van der Waals surface area (Å²) in [7, 11) is 0. The Kier molecular flexibility index (Phi) is 10.3. The Morgan fingerprint density at radius 2 is 1.76 bits per heavy atom. The monoisotopic (exact) mass is 470 g/mol. The third-order valence-corrected chi connectivity index (χ3v) is 4.74. The maximum Gasteiger partial charge on any atom is 0.408 e. The molecule has 0 heterocycles. The fraction of sp³-hybridized carbons (Fsp3) is 0.571. The maximum atomic E-state index is 12.2. The fourth-order valence-electron chi connectivity index (χ4n) is 2.71. The van der Waals surface area contributed by atoms with Gasteiger partial charge in [-0.15, -0.1) is 0 Å². The highest BCUT2D eigenvalue weighted by atomic mass is 79.9. The molecule has 0 spiro atoms. The number of carbonyl (C=O) groups excluding carboxylic acids is 2. The van der Waals surface area contributed by atoms with Crippen molar-refractivity contribution in [1.29, 1.82) is 0 Å². The molecular weight excluding hydrogens is 440 g/mol. The number of Topliss-reactive ketones (excluding diaryl/α,β-unsaturated/α-hetero) is 1. The molecule has 0 aromatic heterocycles. The average Bonchev–Trinajstić information content (AvgIpc) is 2.60. The Labute approximate surface area is 180 Å². The minimum Gasteiger partial charge on any atom is -0.480 e. The van der Waals surface area contributed by atoms with E-state index in [1.54, 1.807) is 20.8 Å². The normalized spacial score (nSPS) is 13.4. The van der Waals surface area contributed by atoms with E-state index in [-0.39, 0.29) is 12.2 Å². The zero-order valence-corrected chi connectivity index (χ0v) is 18.8. The van der Waals surface area contributed by atoms with Crippen molar-refractivity contribution in [1.82, 2.24) is 5.32 Å². The lowest BCUT2D eigenvalue weighted by Crippen LogP contribution is -2.43. The first-order chi connectivity index (χ1) is 13.5. The van der Waals surface area contributed by atoms with Crippen molar-refractivity contribution in [2.24, 2.45) is 5.73 Å². The van der Waals surface area contributed by atoms with E-state index in [2.05, 4.69) is 21.2 Å². The van der Waals surface area contributed by atoms with Crippen molar-refractivity contribution in [2.75, 3.05) is 0 Å². The number of halogens is 1. The summed E-state index contributed by atoms with van der Waals surface area (Å²) in [4.78, 5) is 35.3. The van der Waals surface area contributed by atoms with E-state index in [1.807, 2.05) is 24.3 Å². The number of nitrogens with one attached hydrogen (secondary N) is 1. The number of carboxylic acids is 1. The van der Waals surface area contributed by atoms with Crippen LogP contribution in [0.1, 0.15) is 58.4 Å². The third-order valence-electron chi connectivity index (χ3n) is 4.21. The van der Waals surface area contributed by atoms with Gasteiger partial charge in [0.1, 0.15) is 17.4 Å². The first-order valence-corrected chi connectivity index (χ1v) is 10.5. The molecule has 162 valence electrons. The van der Waals surface area contributed by atoms with Crippen molar-refractivity contribution in [3.05, 3.63) is 34.3 Å². The molecule has 0 aliphatic heterocycles. The lowest BCUT2D eigenvalue weighted by Gasteiger charge is -2.22. The summed E-state index contributed by atoms with van der Waals surface area (Å²) in [6.07, 6.45) is 2.07. The molecule has 0 saturated heterocycles. The Hall–Kier alpha value is -1.93. The van der Waals surface area contributed by atoms with Gasteiger partial charge in [0, 0.05) is 10.9 Å². The summed E-state index contributed by atoms with van der Waals surface area (Å²) in [6, 6.07) is 6.25. The van der Waals surface area contributed by atoms with Gasteiger partial charge in [0.25, 0.3) is 0 Å². The van der Waals surface area contributed by atoms with Crippen molar-refractivity contribution in [3.8, 4) is 0 Å². The summed E-state index contributed by atoms with van der Waals surface area (Å²) in [6.45, 7) is 5.09. The number of carbonyl (C=O) groups is 3. The van der Waals surface area contributed by atoms with Gasteiger partial charge in [0.15, 0.2) is 0 Å². The number of amides is 1. The number of ketones is 1. The second-order valence-electron chi connectivity index (χ2n) is 8.02. The van der Waals surface area contributed by atoms with Crippen LogP contribution in [-0.2, 0) is 20.7 Å². The lowest BCUT2D eigenvalue weighted by molar-refractivity contribution is -0.139. The van der Waals surface area contributed by atoms with Crippen LogP contribution in [0.15, 0.2) is 28.7 Å². The van der Waals surface area contributed by atoms with E-state index < -0.39 is 29.7 Å². The van der Waals surface area contributed by atoms with Crippen molar-refractivity contribution in [3.63, 3.8) is 0 Å². The number of carboxylic acid groups (broad SMARTS) is 1. The highest BCUT2D eigenvalue weighted by molar-refractivity contribution is 9.10. The molecule has 4 N–H and O–H groups in total. The van der Waals surface area contributed by atoms with E-state index in [0.29, 0.717) is 25.7 Å². The molecule has 1 unspecified atom stereocenters. The minimum atomic E-state index is -1.15. The summed E-state index contributed by atoms with van der Waals surface area (Å²) in [5.41, 5.74) is 6.40. The summed E-state index contributed by atoms with van der Waals surface area (Å²) in [5.74, 6) is -1.18. The molecule has 2 atom stereocenters. The van der Waals surface area contributed by atoms with Gasteiger partial charge in [-0.1, -0.05) is 28.1 Å². The molecule has 0 saturated carbocycles. The zero-order chi connectivity index (χ0) is 22.0. The predicted molar refractivity (Wildman–Crippen MR) is 115 cm³/mol. The Bertz CT molecular complexity index is 685. The maximum absolute atomic E-state index is 12.2. The van der Waals surface area contributed by atoms with Crippen molar-refractivity contribution in [2.45, 2.75) is 77.0 Å². The van der Waals surface area contributed by atoms with Crippen LogP contribution >= 0.6 is 15.9 Å². The molecule has 0 aliphatic rings. The number of rotatable bonds is 11. The van der Waals surface area contributed by atoms with Crippen molar-refractivity contribution >= 4 is 33.8 Å². The smallest absolute Gasteiger partial charge is 0.408 e. The third kappa shape index (κ3) is 11.0. The van der Waals surface area contributed by atoms with Crippen LogP contribution in [0.25, 0.3) is 0 Å². The lowest BCUT2D eigenvalue weighted by atomic mass is 9.99. The van der Waals surface area contributed by atoms with Crippen LogP contribution in [0.3, 0.4) is 0 Å². The molecule has 1 aromatic carbocycles. The largest absolute Gasteiger partial charge is 0.480 e. The zero-order valence-electron chi connectivity index (χ0n) is 17.2. The van der Waals surface area contributed by atoms with E-state index in [9.17, 15) is 19.5 Å². The number of nitrogens with two attached hydrogens (primary N) is 1. The minimum absolute atomic E-state index is 0.0333. The van der Waals surface area contributed by atoms with Gasteiger partial charge >= 0.3 is 12.1 Å². The van der Waals surface area contributed by atoms with Crippen LogP contribution in [0.2, 0.25) is 0 Å². The Morgan fingerprint density at radius 3 is 2.31 bits per heavy atom. The van der Waals surface area contributed by atoms with Gasteiger partial charge < -0.3 is 20.9 Å². The summed E-state index contributed by atoms with van der Waals surface area (Å²) < 4.78 is 6.09. The Balaban J connectivity index is 2.34. The summed E-state index contributed by atoms with van der Waals surface area (Å²) >= 11 is 3.39. The van der Waals surface area contributed by atoms with Gasteiger partial charge in [0.2, 0.25) is 0 Å². The number of hydrogen-bond donors (Lipinski definition) is 3. The Morgan fingerprint density at radius 1 is 1.14 bits per heavy atom. The number of hydrogen-bond acceptors (Lipinski definition) is 5. The molecule has 8 heteroatoms. The second kappa shape index (κ2) is 11.9. The molecule has 1 aromatic rings. The molecule has 0 radical (unpaired) electrons. The van der Waals surface area contributed by atoms with E-state index in [0.717, 1.165) is 16.5 Å². The van der Waals surface area contributed by atoms with Gasteiger partial charge in [-0.05, 0) is 70.6 Å². The van der Waals surface area contributed by atoms with Gasteiger partial charge in [-0.3, -0.25) is 4.79 Å². The molecule has 0 bridgehead atoms. The molecule has 1 rings (SSSR count). The highest BCUT2D eigenvalue weighted by Gasteiger charge is 2.24. The number of aryl methyl sites for hydroxylation is 1. The van der Waals surface area contributed by atoms with Crippen LogP contribution in [0.5, 0.6) is 0 Å². The van der Waals surface area contributed by atoms with Crippen LogP contribution in [0.4, 0.5) is 4.79 Å². The van der Waals surface area contributed by atoms with E-state index in [1.165, 1.54) is 0 Å². The summed E-state index contributed by atoms with van der Waals surface area (Å²) in [5, 5.41) is 11.6. The van der Waals surface area contributed by atoms with Gasteiger partial charge in [-0.2, -0.15) is 0 Å². The predicted octanol–water partition coefficient (Wildman–Crippen LogP) is 3.82. The SMILES string of the molecule is CC(C)(C)OC(=O)N[C@@H](CCCC(N)C(=O)CCCc1ccc(Br)cc1)C(=O)O. The molecule has 0 aliphatic carbocycles. The molecule has 7 nitrogen and oxygen atoms in total. The standard InChI is InChI=1S/C21H31BrN2O5/c1-21(2,3)29-20(28)24-17(19(26)27)8-5-7-16(23)18(25)9-4-6-14-10-12-15(22)13-11-14/h10-13,16-17H,4-9,23H2,1-3H3,(H,24,28)(H,26,27)/t16?,17-/m0/s1. The van der Waals surface area contributed by atoms with Gasteiger partial charge in [0.05, 0.1) is 6.04 Å². The van der Waals surface area contributed by atoms with Gasteiger partial charge in [-0.25, -0.2) is 9.59 Å². The van der Waals surface area contributed by atoms with Crippen LogP contribution < -0.4 is 11.1 Å². The quantitative estimate of drug-likeness (QED) is 0.452. The first kappa shape index (κ1) is 25.1. The average molecular weight is 471 g/mol.